The van der Waals surface area contributed by atoms with Crippen LogP contribution in [0.25, 0.3) is 0 Å². The lowest BCUT2D eigenvalue weighted by Gasteiger charge is -2.47. The summed E-state index contributed by atoms with van der Waals surface area (Å²) >= 11 is 0. The van der Waals surface area contributed by atoms with E-state index in [0.717, 1.165) is 0 Å². The van der Waals surface area contributed by atoms with Crippen LogP contribution in [-0.4, -0.2) is 22.4 Å². The van der Waals surface area contributed by atoms with Crippen molar-refractivity contribution in [3.8, 4) is 0 Å². The second kappa shape index (κ2) is 3.42. The molecule has 0 saturated carbocycles. The molecule has 0 atom stereocenters. The van der Waals surface area contributed by atoms with Crippen LogP contribution >= 0.6 is 0 Å². The summed E-state index contributed by atoms with van der Waals surface area (Å²) in [6.45, 7) is 10.5. The van der Waals surface area contributed by atoms with Crippen molar-refractivity contribution < 1.29 is 14.6 Å². The van der Waals surface area contributed by atoms with Crippen LogP contribution in [0.2, 0.25) is 0 Å². The quantitative estimate of drug-likeness (QED) is 0.732. The first kappa shape index (κ1) is 13.2. The van der Waals surface area contributed by atoms with E-state index >= 15 is 0 Å². The fourth-order valence-corrected chi connectivity index (χ4v) is 1.12. The minimum atomic E-state index is -0.966. The van der Waals surface area contributed by atoms with E-state index in [1.54, 1.807) is 27.7 Å². The predicted molar refractivity (Wildman–Crippen MR) is 54.8 cm³/mol. The normalized spacial score (nSPS) is 13.9. The van der Waals surface area contributed by atoms with Gasteiger partial charge < -0.3 is 15.6 Å². The summed E-state index contributed by atoms with van der Waals surface area (Å²) in [6.07, 6.45) is -0.827. The summed E-state index contributed by atoms with van der Waals surface area (Å²) in [5, 5.41) is 9.96. The molecule has 0 aromatic heterocycles. The summed E-state index contributed by atoms with van der Waals surface area (Å²) in [7, 11) is 0. The van der Waals surface area contributed by atoms with E-state index < -0.39 is 22.7 Å². The third-order valence-electron chi connectivity index (χ3n) is 3.39. The van der Waals surface area contributed by atoms with E-state index in [1.807, 2.05) is 13.8 Å². The van der Waals surface area contributed by atoms with E-state index in [2.05, 4.69) is 0 Å². The SMILES string of the molecule is CC(C)(O)C(C)(C)C(C)(C)OC(N)=O. The van der Waals surface area contributed by atoms with Crippen molar-refractivity contribution in [2.75, 3.05) is 0 Å². The second-order valence-electron chi connectivity index (χ2n) is 5.12. The highest BCUT2D eigenvalue weighted by molar-refractivity contribution is 5.65. The summed E-state index contributed by atoms with van der Waals surface area (Å²) in [5.74, 6) is 0. The van der Waals surface area contributed by atoms with Crippen molar-refractivity contribution in [3.05, 3.63) is 0 Å². The fourth-order valence-electron chi connectivity index (χ4n) is 1.12. The molecule has 0 aliphatic rings. The predicted octanol–water partition coefficient (Wildman–Crippen LogP) is 1.66. The average molecular weight is 203 g/mol. The molecule has 0 heterocycles. The van der Waals surface area contributed by atoms with Crippen molar-refractivity contribution in [2.45, 2.75) is 52.7 Å². The molecule has 84 valence electrons. The van der Waals surface area contributed by atoms with Gasteiger partial charge in [-0.25, -0.2) is 4.79 Å². The number of carbonyl (C=O) groups is 1. The lowest BCUT2D eigenvalue weighted by molar-refractivity contribution is -0.146. The molecule has 0 aliphatic heterocycles. The van der Waals surface area contributed by atoms with Crippen molar-refractivity contribution in [3.63, 3.8) is 0 Å². The van der Waals surface area contributed by atoms with Gasteiger partial charge in [0.2, 0.25) is 0 Å². The standard InChI is InChI=1S/C10H21NO3/c1-8(2,9(3,4)13)10(5,6)14-7(11)12/h13H,1-6H3,(H2,11,12). The first-order valence-corrected chi connectivity index (χ1v) is 4.62. The van der Waals surface area contributed by atoms with E-state index in [4.69, 9.17) is 10.5 Å². The Morgan fingerprint density at radius 2 is 1.50 bits per heavy atom. The van der Waals surface area contributed by atoms with Gasteiger partial charge in [-0.2, -0.15) is 0 Å². The average Bonchev–Trinajstić information content (AvgIpc) is 1.80. The second-order valence-corrected chi connectivity index (χ2v) is 5.12. The summed E-state index contributed by atoms with van der Waals surface area (Å²) in [6, 6.07) is 0. The number of nitrogens with two attached hydrogens (primary N) is 1. The Morgan fingerprint density at radius 1 is 1.14 bits per heavy atom. The summed E-state index contributed by atoms with van der Waals surface area (Å²) < 4.78 is 5.01. The molecule has 0 bridgehead atoms. The molecule has 0 aromatic carbocycles. The molecular formula is C10H21NO3. The molecule has 0 fully saturated rings. The van der Waals surface area contributed by atoms with Crippen LogP contribution in [0.1, 0.15) is 41.5 Å². The number of rotatable bonds is 3. The van der Waals surface area contributed by atoms with Gasteiger partial charge in [0.05, 0.1) is 5.60 Å². The van der Waals surface area contributed by atoms with E-state index in [9.17, 15) is 9.90 Å². The molecular weight excluding hydrogens is 182 g/mol. The lowest BCUT2D eigenvalue weighted by atomic mass is 9.66. The fraction of sp³-hybridized carbons (Fsp3) is 0.900. The van der Waals surface area contributed by atoms with Crippen LogP contribution < -0.4 is 5.73 Å². The molecule has 4 heteroatoms. The highest BCUT2D eigenvalue weighted by Crippen LogP contribution is 2.42. The number of carbonyl (C=O) groups excluding carboxylic acids is 1. The minimum Gasteiger partial charge on any atom is -0.443 e. The Morgan fingerprint density at radius 3 is 1.71 bits per heavy atom. The molecule has 0 spiro atoms. The zero-order valence-corrected chi connectivity index (χ0v) is 9.84. The van der Waals surface area contributed by atoms with Crippen LogP contribution in [0.4, 0.5) is 4.79 Å². The van der Waals surface area contributed by atoms with Gasteiger partial charge >= 0.3 is 6.09 Å². The van der Waals surface area contributed by atoms with Gasteiger partial charge in [0, 0.05) is 5.41 Å². The Balaban J connectivity index is 4.97. The van der Waals surface area contributed by atoms with Gasteiger partial charge in [-0.15, -0.1) is 0 Å². The maximum atomic E-state index is 10.7. The van der Waals surface area contributed by atoms with E-state index in [-0.39, 0.29) is 0 Å². The van der Waals surface area contributed by atoms with Gasteiger partial charge in [-0.05, 0) is 27.7 Å². The number of ether oxygens (including phenoxy) is 1. The zero-order chi connectivity index (χ0) is 11.8. The number of aliphatic hydroxyl groups is 1. The molecule has 0 unspecified atom stereocenters. The molecule has 3 N–H and O–H groups in total. The Hall–Kier alpha value is -0.770. The van der Waals surface area contributed by atoms with Crippen molar-refractivity contribution >= 4 is 6.09 Å². The van der Waals surface area contributed by atoms with Crippen LogP contribution in [0, 0.1) is 5.41 Å². The molecule has 1 amide bonds. The highest BCUT2D eigenvalue weighted by Gasteiger charge is 2.49. The molecule has 0 radical (unpaired) electrons. The summed E-state index contributed by atoms with van der Waals surface area (Å²) in [5.41, 5.74) is 2.58. The van der Waals surface area contributed by atoms with Gasteiger partial charge in [0.25, 0.3) is 0 Å². The smallest absolute Gasteiger partial charge is 0.405 e. The Bertz CT molecular complexity index is 226. The molecule has 0 aliphatic carbocycles. The van der Waals surface area contributed by atoms with Crippen LogP contribution in [0.15, 0.2) is 0 Å². The molecule has 0 aromatic rings. The van der Waals surface area contributed by atoms with Crippen molar-refractivity contribution in [1.29, 1.82) is 0 Å². The summed E-state index contributed by atoms with van der Waals surface area (Å²) in [4.78, 5) is 10.7. The van der Waals surface area contributed by atoms with Gasteiger partial charge in [-0.1, -0.05) is 13.8 Å². The Kier molecular flexibility index (Phi) is 3.23. The first-order chi connectivity index (χ1) is 5.92. The van der Waals surface area contributed by atoms with Gasteiger partial charge in [0.1, 0.15) is 5.60 Å². The largest absolute Gasteiger partial charge is 0.443 e. The highest BCUT2D eigenvalue weighted by atomic mass is 16.6. The molecule has 0 saturated heterocycles. The maximum absolute atomic E-state index is 10.7. The topological polar surface area (TPSA) is 72.6 Å². The number of primary amides is 1. The molecule has 4 nitrogen and oxygen atoms in total. The molecule has 14 heavy (non-hydrogen) atoms. The Labute approximate surface area is 85.4 Å². The van der Waals surface area contributed by atoms with E-state index in [0.29, 0.717) is 0 Å². The minimum absolute atomic E-state index is 0.602. The van der Waals surface area contributed by atoms with Crippen LogP contribution in [-0.2, 0) is 4.74 Å². The van der Waals surface area contributed by atoms with Gasteiger partial charge in [0.15, 0.2) is 0 Å². The first-order valence-electron chi connectivity index (χ1n) is 4.62. The van der Waals surface area contributed by atoms with E-state index in [1.165, 1.54) is 0 Å². The maximum Gasteiger partial charge on any atom is 0.405 e. The third kappa shape index (κ3) is 2.38. The molecule has 0 rings (SSSR count). The van der Waals surface area contributed by atoms with Crippen LogP contribution in [0.5, 0.6) is 0 Å². The van der Waals surface area contributed by atoms with Crippen molar-refractivity contribution in [2.24, 2.45) is 11.1 Å². The van der Waals surface area contributed by atoms with Crippen LogP contribution in [0.3, 0.4) is 0 Å². The lowest BCUT2D eigenvalue weighted by Crippen LogP contribution is -2.55. The zero-order valence-electron chi connectivity index (χ0n) is 9.84. The number of hydrogen-bond acceptors (Lipinski definition) is 3. The monoisotopic (exact) mass is 203 g/mol. The third-order valence-corrected chi connectivity index (χ3v) is 3.39. The number of amides is 1. The number of hydrogen-bond donors (Lipinski definition) is 2. The van der Waals surface area contributed by atoms with Crippen molar-refractivity contribution in [1.82, 2.24) is 0 Å². The van der Waals surface area contributed by atoms with Gasteiger partial charge in [-0.3, -0.25) is 0 Å².